The Morgan fingerprint density at radius 1 is 1.25 bits per heavy atom. The van der Waals surface area contributed by atoms with Crippen molar-refractivity contribution >= 4 is 6.29 Å². The normalized spacial score (nSPS) is 11.2. The molecular formula is C9H8F2O. The highest BCUT2D eigenvalue weighted by molar-refractivity contribution is 5.63. The minimum Gasteiger partial charge on any atom is -0.296 e. The van der Waals surface area contributed by atoms with E-state index in [4.69, 9.17) is 0 Å². The number of hydrogen-bond donors (Lipinski definition) is 0. The average Bonchev–Trinajstić information content (AvgIpc) is 2.05. The molecule has 0 aliphatic rings. The summed E-state index contributed by atoms with van der Waals surface area (Å²) in [6.07, 6.45) is -0.350. The lowest BCUT2D eigenvalue weighted by molar-refractivity contribution is -0.130. The molecule has 0 atom stereocenters. The predicted octanol–water partition coefficient (Wildman–Crippen LogP) is 2.29. The SMILES string of the molecule is Cc1ccc(C(F)(F)C=O)cc1. The highest BCUT2D eigenvalue weighted by atomic mass is 19.3. The number of carbonyl (C=O) groups is 1. The van der Waals surface area contributed by atoms with Crippen LogP contribution in [0.1, 0.15) is 11.1 Å². The van der Waals surface area contributed by atoms with Crippen LogP contribution in [0.5, 0.6) is 0 Å². The van der Waals surface area contributed by atoms with Gasteiger partial charge in [0.2, 0.25) is 0 Å². The number of rotatable bonds is 2. The zero-order chi connectivity index (χ0) is 9.19. The Hall–Kier alpha value is -1.25. The minimum absolute atomic E-state index is 0.261. The molecule has 64 valence electrons. The molecule has 0 saturated heterocycles. The molecule has 1 aromatic carbocycles. The topological polar surface area (TPSA) is 17.1 Å². The van der Waals surface area contributed by atoms with Crippen LogP contribution >= 0.6 is 0 Å². The van der Waals surface area contributed by atoms with Gasteiger partial charge in [-0.3, -0.25) is 4.79 Å². The molecular weight excluding hydrogens is 162 g/mol. The molecule has 0 amide bonds. The Balaban J connectivity index is 3.04. The van der Waals surface area contributed by atoms with Gasteiger partial charge in [-0.2, -0.15) is 8.78 Å². The van der Waals surface area contributed by atoms with Crippen molar-refractivity contribution in [2.45, 2.75) is 12.8 Å². The third-order valence-electron chi connectivity index (χ3n) is 1.58. The molecule has 0 fully saturated rings. The van der Waals surface area contributed by atoms with Gasteiger partial charge in [-0.25, -0.2) is 0 Å². The second-order valence-corrected chi connectivity index (χ2v) is 2.61. The maximum atomic E-state index is 12.6. The molecule has 0 heterocycles. The van der Waals surface area contributed by atoms with E-state index in [1.165, 1.54) is 12.1 Å². The van der Waals surface area contributed by atoms with Crippen LogP contribution in [-0.4, -0.2) is 6.29 Å². The molecule has 0 spiro atoms. The fraction of sp³-hybridized carbons (Fsp3) is 0.222. The standard InChI is InChI=1S/C9H8F2O/c1-7-2-4-8(5-3-7)9(10,11)6-12/h2-6H,1H3. The fourth-order valence-electron chi connectivity index (χ4n) is 0.844. The summed E-state index contributed by atoms with van der Waals surface area (Å²) >= 11 is 0. The number of carbonyl (C=O) groups excluding carboxylic acids is 1. The molecule has 1 aromatic rings. The summed E-state index contributed by atoms with van der Waals surface area (Å²) in [4.78, 5) is 9.96. The first kappa shape index (κ1) is 8.84. The quantitative estimate of drug-likeness (QED) is 0.622. The van der Waals surface area contributed by atoms with Crippen molar-refractivity contribution in [1.29, 1.82) is 0 Å². The molecule has 1 rings (SSSR count). The van der Waals surface area contributed by atoms with Crippen LogP contribution in [0.3, 0.4) is 0 Å². The summed E-state index contributed by atoms with van der Waals surface area (Å²) in [5, 5.41) is 0. The summed E-state index contributed by atoms with van der Waals surface area (Å²) < 4.78 is 25.3. The maximum Gasteiger partial charge on any atom is 0.327 e. The first-order valence-corrected chi connectivity index (χ1v) is 3.47. The van der Waals surface area contributed by atoms with Crippen LogP contribution in [0.25, 0.3) is 0 Å². The molecule has 0 radical (unpaired) electrons. The van der Waals surface area contributed by atoms with E-state index in [2.05, 4.69) is 0 Å². The lowest BCUT2D eigenvalue weighted by Crippen LogP contribution is -2.14. The Morgan fingerprint density at radius 2 is 1.75 bits per heavy atom. The van der Waals surface area contributed by atoms with Gasteiger partial charge in [0.1, 0.15) is 0 Å². The number of halogens is 2. The fourth-order valence-corrected chi connectivity index (χ4v) is 0.844. The molecule has 0 saturated carbocycles. The van der Waals surface area contributed by atoms with E-state index in [1.807, 2.05) is 0 Å². The zero-order valence-corrected chi connectivity index (χ0v) is 6.55. The molecule has 0 aromatic heterocycles. The van der Waals surface area contributed by atoms with Crippen LogP contribution in [0, 0.1) is 6.92 Å². The maximum absolute atomic E-state index is 12.6. The molecule has 0 bridgehead atoms. The van der Waals surface area contributed by atoms with Crippen LogP contribution in [0.2, 0.25) is 0 Å². The van der Waals surface area contributed by atoms with Crippen molar-refractivity contribution in [1.82, 2.24) is 0 Å². The van der Waals surface area contributed by atoms with Crippen LogP contribution in [0.4, 0.5) is 8.78 Å². The summed E-state index contributed by atoms with van der Waals surface area (Å²) in [5.41, 5.74) is 0.628. The number of hydrogen-bond acceptors (Lipinski definition) is 1. The second-order valence-electron chi connectivity index (χ2n) is 2.61. The molecule has 0 aliphatic carbocycles. The van der Waals surface area contributed by atoms with Gasteiger partial charge in [0.25, 0.3) is 0 Å². The van der Waals surface area contributed by atoms with E-state index in [-0.39, 0.29) is 11.8 Å². The Labute approximate surface area is 69.0 Å². The van der Waals surface area contributed by atoms with Gasteiger partial charge >= 0.3 is 5.92 Å². The lowest BCUT2D eigenvalue weighted by Gasteiger charge is -2.08. The zero-order valence-electron chi connectivity index (χ0n) is 6.55. The van der Waals surface area contributed by atoms with Gasteiger partial charge in [0, 0.05) is 5.56 Å². The van der Waals surface area contributed by atoms with E-state index < -0.39 is 5.92 Å². The summed E-state index contributed by atoms with van der Waals surface area (Å²) in [7, 11) is 0. The summed E-state index contributed by atoms with van der Waals surface area (Å²) in [6, 6.07) is 5.60. The van der Waals surface area contributed by atoms with Gasteiger partial charge < -0.3 is 0 Å². The minimum atomic E-state index is -3.35. The highest BCUT2D eigenvalue weighted by Crippen LogP contribution is 2.24. The summed E-state index contributed by atoms with van der Waals surface area (Å²) in [5.74, 6) is -3.35. The third kappa shape index (κ3) is 1.67. The first-order valence-electron chi connectivity index (χ1n) is 3.47. The van der Waals surface area contributed by atoms with E-state index >= 15 is 0 Å². The predicted molar refractivity (Wildman–Crippen MR) is 41.1 cm³/mol. The van der Waals surface area contributed by atoms with Crippen molar-refractivity contribution in [3.8, 4) is 0 Å². The van der Waals surface area contributed by atoms with E-state index in [1.54, 1.807) is 19.1 Å². The van der Waals surface area contributed by atoms with E-state index in [9.17, 15) is 13.6 Å². The number of benzene rings is 1. The van der Waals surface area contributed by atoms with Crippen molar-refractivity contribution in [3.05, 3.63) is 35.4 Å². The summed E-state index contributed by atoms with van der Waals surface area (Å²) in [6.45, 7) is 1.79. The van der Waals surface area contributed by atoms with E-state index in [0.29, 0.717) is 0 Å². The van der Waals surface area contributed by atoms with E-state index in [0.717, 1.165) is 5.56 Å². The number of aryl methyl sites for hydroxylation is 1. The monoisotopic (exact) mass is 170 g/mol. The lowest BCUT2D eigenvalue weighted by atomic mass is 10.1. The molecule has 0 N–H and O–H groups in total. The van der Waals surface area contributed by atoms with Crippen molar-refractivity contribution in [3.63, 3.8) is 0 Å². The third-order valence-corrected chi connectivity index (χ3v) is 1.58. The molecule has 0 aliphatic heterocycles. The number of aldehydes is 1. The Bertz CT molecular complexity index is 277. The Kier molecular flexibility index (Phi) is 2.22. The van der Waals surface area contributed by atoms with Crippen molar-refractivity contribution < 1.29 is 13.6 Å². The average molecular weight is 170 g/mol. The number of alkyl halides is 2. The van der Waals surface area contributed by atoms with Gasteiger partial charge in [-0.15, -0.1) is 0 Å². The molecule has 3 heteroatoms. The van der Waals surface area contributed by atoms with Crippen LogP contribution < -0.4 is 0 Å². The molecule has 1 nitrogen and oxygen atoms in total. The first-order chi connectivity index (χ1) is 5.56. The van der Waals surface area contributed by atoms with Crippen molar-refractivity contribution in [2.24, 2.45) is 0 Å². The van der Waals surface area contributed by atoms with Gasteiger partial charge in [-0.05, 0) is 6.92 Å². The van der Waals surface area contributed by atoms with Crippen molar-refractivity contribution in [2.75, 3.05) is 0 Å². The Morgan fingerprint density at radius 3 is 2.17 bits per heavy atom. The molecule has 12 heavy (non-hydrogen) atoms. The largest absolute Gasteiger partial charge is 0.327 e. The van der Waals surface area contributed by atoms with Gasteiger partial charge in [0.15, 0.2) is 6.29 Å². The van der Waals surface area contributed by atoms with Gasteiger partial charge in [0.05, 0.1) is 0 Å². The van der Waals surface area contributed by atoms with Crippen LogP contribution in [0.15, 0.2) is 24.3 Å². The highest BCUT2D eigenvalue weighted by Gasteiger charge is 2.30. The van der Waals surface area contributed by atoms with Gasteiger partial charge in [-0.1, -0.05) is 29.8 Å². The smallest absolute Gasteiger partial charge is 0.296 e. The molecule has 0 unspecified atom stereocenters. The second kappa shape index (κ2) is 3.01. The van der Waals surface area contributed by atoms with Crippen LogP contribution in [-0.2, 0) is 10.7 Å².